The summed E-state index contributed by atoms with van der Waals surface area (Å²) in [7, 11) is 4.05. The van der Waals surface area contributed by atoms with Crippen molar-refractivity contribution < 1.29 is 4.79 Å². The Kier molecular flexibility index (Phi) is 10.2. The minimum atomic E-state index is -0.198. The Bertz CT molecular complexity index is 986. The molecule has 0 heterocycles. The van der Waals surface area contributed by atoms with Crippen LogP contribution in [0.2, 0.25) is 0 Å². The van der Waals surface area contributed by atoms with E-state index in [-0.39, 0.29) is 11.8 Å². The van der Waals surface area contributed by atoms with Gasteiger partial charge in [-0.15, -0.1) is 23.4 Å². The Balaban J connectivity index is 0.000000412. The van der Waals surface area contributed by atoms with Gasteiger partial charge in [0.25, 0.3) is 0 Å². The van der Waals surface area contributed by atoms with Crippen molar-refractivity contribution in [1.82, 2.24) is 0 Å². The lowest BCUT2D eigenvalue weighted by Crippen LogP contribution is -2.13. The van der Waals surface area contributed by atoms with Crippen LogP contribution in [0.3, 0.4) is 0 Å². The van der Waals surface area contributed by atoms with Gasteiger partial charge < -0.3 is 10.2 Å². The zero-order chi connectivity index (χ0) is 22.6. The molecule has 0 saturated heterocycles. The minimum Gasteiger partial charge on any atom is -0.378 e. The zero-order valence-corrected chi connectivity index (χ0v) is 20.0. The first kappa shape index (κ1) is 24.6. The van der Waals surface area contributed by atoms with E-state index in [9.17, 15) is 4.79 Å². The third-order valence-electron chi connectivity index (χ3n) is 4.44. The van der Waals surface area contributed by atoms with Crippen LogP contribution in [0.25, 0.3) is 12.2 Å². The number of hydrogen-bond acceptors (Lipinski definition) is 3. The van der Waals surface area contributed by atoms with Gasteiger partial charge >= 0.3 is 0 Å². The molecule has 0 aliphatic rings. The van der Waals surface area contributed by atoms with Crippen molar-refractivity contribution >= 4 is 52.8 Å². The lowest BCUT2D eigenvalue weighted by atomic mass is 10.1. The van der Waals surface area contributed by atoms with Gasteiger partial charge in [0.15, 0.2) is 0 Å². The van der Waals surface area contributed by atoms with Gasteiger partial charge in [-0.1, -0.05) is 66.2 Å². The van der Waals surface area contributed by atoms with Crippen molar-refractivity contribution in [2.24, 2.45) is 0 Å². The number of halogens is 1. The standard InChI is InChI=1S/C19H21ClN2OS.C7H8/c1-22(2)16-9-6-14(7-10-16)4-5-15-8-11-17(18(12-15)24-3)21-19(23)13-20;1-7-5-3-2-4-6-7/h4-12H,13H2,1-3H3,(H,21,23);2-6H,1H3/b5-4+;. The van der Waals surface area contributed by atoms with Gasteiger partial charge in [0, 0.05) is 24.7 Å². The first-order valence-corrected chi connectivity index (χ1v) is 11.7. The molecule has 162 valence electrons. The van der Waals surface area contributed by atoms with E-state index >= 15 is 0 Å². The van der Waals surface area contributed by atoms with Crippen LogP contribution < -0.4 is 10.2 Å². The number of thioether (sulfide) groups is 1. The van der Waals surface area contributed by atoms with Crippen LogP contribution in [-0.2, 0) is 4.79 Å². The number of anilines is 2. The van der Waals surface area contributed by atoms with Crippen LogP contribution in [-0.4, -0.2) is 32.1 Å². The second kappa shape index (κ2) is 12.9. The zero-order valence-electron chi connectivity index (χ0n) is 18.4. The van der Waals surface area contributed by atoms with Crippen LogP contribution in [0, 0.1) is 6.92 Å². The maximum Gasteiger partial charge on any atom is 0.239 e. The Morgan fingerprint density at radius 2 is 1.58 bits per heavy atom. The minimum absolute atomic E-state index is 0.0432. The van der Waals surface area contributed by atoms with Crippen LogP contribution >= 0.6 is 23.4 Å². The summed E-state index contributed by atoms with van der Waals surface area (Å²) in [5.41, 5.74) is 5.52. The van der Waals surface area contributed by atoms with E-state index in [1.165, 1.54) is 11.3 Å². The number of benzene rings is 3. The Labute approximate surface area is 195 Å². The molecule has 0 bridgehead atoms. The molecule has 1 amide bonds. The van der Waals surface area contributed by atoms with Gasteiger partial charge in [0.05, 0.1) is 5.69 Å². The van der Waals surface area contributed by atoms with Gasteiger partial charge in [-0.25, -0.2) is 0 Å². The average molecular weight is 453 g/mol. The summed E-state index contributed by atoms with van der Waals surface area (Å²) in [6.07, 6.45) is 6.13. The second-order valence-corrected chi connectivity index (χ2v) is 8.23. The van der Waals surface area contributed by atoms with Crippen LogP contribution in [0.5, 0.6) is 0 Å². The molecule has 31 heavy (non-hydrogen) atoms. The van der Waals surface area contributed by atoms with E-state index in [0.717, 1.165) is 21.7 Å². The number of aryl methyl sites for hydroxylation is 1. The maximum atomic E-state index is 11.5. The number of amides is 1. The summed E-state index contributed by atoms with van der Waals surface area (Å²) in [5.74, 6) is -0.241. The molecule has 3 nitrogen and oxygen atoms in total. The van der Waals surface area contributed by atoms with E-state index in [1.54, 1.807) is 11.8 Å². The molecule has 0 saturated carbocycles. The number of carbonyl (C=O) groups excluding carboxylic acids is 1. The normalized spacial score (nSPS) is 10.4. The maximum absolute atomic E-state index is 11.5. The van der Waals surface area contributed by atoms with Gasteiger partial charge in [-0.2, -0.15) is 0 Å². The highest BCUT2D eigenvalue weighted by Crippen LogP contribution is 2.27. The van der Waals surface area contributed by atoms with Crippen LogP contribution in [0.4, 0.5) is 11.4 Å². The molecule has 3 aromatic carbocycles. The Morgan fingerprint density at radius 3 is 2.10 bits per heavy atom. The Hall–Kier alpha value is -2.69. The monoisotopic (exact) mass is 452 g/mol. The number of hydrogen-bond donors (Lipinski definition) is 1. The average Bonchev–Trinajstić information content (AvgIpc) is 2.79. The van der Waals surface area contributed by atoms with Crippen molar-refractivity contribution in [2.45, 2.75) is 11.8 Å². The fourth-order valence-electron chi connectivity index (χ4n) is 2.71. The van der Waals surface area contributed by atoms with Gasteiger partial charge in [-0.3, -0.25) is 4.79 Å². The highest BCUT2D eigenvalue weighted by Gasteiger charge is 2.06. The third-order valence-corrected chi connectivity index (χ3v) is 5.46. The van der Waals surface area contributed by atoms with Gasteiger partial charge in [0.2, 0.25) is 5.91 Å². The summed E-state index contributed by atoms with van der Waals surface area (Å²) in [6, 6.07) is 24.6. The first-order valence-electron chi connectivity index (χ1n) is 9.94. The molecule has 1 N–H and O–H groups in total. The van der Waals surface area contributed by atoms with E-state index in [1.807, 2.05) is 50.7 Å². The fourth-order valence-corrected chi connectivity index (χ4v) is 3.37. The van der Waals surface area contributed by atoms with Crippen molar-refractivity contribution in [3.63, 3.8) is 0 Å². The van der Waals surface area contributed by atoms with E-state index in [2.05, 4.69) is 71.8 Å². The molecule has 3 rings (SSSR count). The van der Waals surface area contributed by atoms with Gasteiger partial charge in [0.1, 0.15) is 5.88 Å². The van der Waals surface area contributed by atoms with E-state index in [4.69, 9.17) is 11.6 Å². The van der Waals surface area contributed by atoms with Crippen molar-refractivity contribution in [3.05, 3.63) is 89.5 Å². The molecule has 0 aliphatic heterocycles. The Morgan fingerprint density at radius 1 is 0.968 bits per heavy atom. The highest BCUT2D eigenvalue weighted by atomic mass is 35.5. The first-order chi connectivity index (χ1) is 14.9. The van der Waals surface area contributed by atoms with Crippen LogP contribution in [0.1, 0.15) is 16.7 Å². The van der Waals surface area contributed by atoms with E-state index in [0.29, 0.717) is 0 Å². The molecular formula is C26H29ClN2OS. The predicted octanol–water partition coefficient (Wildman–Crippen LogP) is 6.82. The number of nitrogens with one attached hydrogen (secondary N) is 1. The predicted molar refractivity (Wildman–Crippen MR) is 138 cm³/mol. The van der Waals surface area contributed by atoms with Crippen LogP contribution in [0.15, 0.2) is 77.7 Å². The summed E-state index contributed by atoms with van der Waals surface area (Å²) >= 11 is 7.14. The van der Waals surface area contributed by atoms with E-state index < -0.39 is 0 Å². The molecular weight excluding hydrogens is 424 g/mol. The molecule has 0 atom stereocenters. The number of nitrogens with zero attached hydrogens (tertiary/aromatic N) is 1. The summed E-state index contributed by atoms with van der Waals surface area (Å²) in [6.45, 7) is 2.08. The highest BCUT2D eigenvalue weighted by molar-refractivity contribution is 7.98. The molecule has 0 radical (unpaired) electrons. The molecule has 0 aliphatic carbocycles. The van der Waals surface area contributed by atoms with Crippen molar-refractivity contribution in [1.29, 1.82) is 0 Å². The van der Waals surface area contributed by atoms with Gasteiger partial charge in [-0.05, 0) is 48.6 Å². The summed E-state index contributed by atoms with van der Waals surface area (Å²) < 4.78 is 0. The molecule has 0 spiro atoms. The lowest BCUT2D eigenvalue weighted by Gasteiger charge is -2.11. The molecule has 0 unspecified atom stereocenters. The quantitative estimate of drug-likeness (QED) is 0.253. The smallest absolute Gasteiger partial charge is 0.239 e. The number of alkyl halides is 1. The topological polar surface area (TPSA) is 32.3 Å². The fraction of sp³-hybridized carbons (Fsp3) is 0.192. The largest absolute Gasteiger partial charge is 0.378 e. The summed E-state index contributed by atoms with van der Waals surface area (Å²) in [4.78, 5) is 14.5. The summed E-state index contributed by atoms with van der Waals surface area (Å²) in [5, 5.41) is 2.81. The SMILES string of the molecule is CSc1cc(/C=C/c2ccc(N(C)C)cc2)ccc1NC(=O)CCl.Cc1ccccc1. The molecule has 0 aromatic heterocycles. The molecule has 5 heteroatoms. The number of rotatable bonds is 6. The van der Waals surface area contributed by atoms with Crippen molar-refractivity contribution in [3.8, 4) is 0 Å². The van der Waals surface area contributed by atoms with Crippen molar-refractivity contribution in [2.75, 3.05) is 36.4 Å². The third kappa shape index (κ3) is 8.52. The number of carbonyl (C=O) groups is 1. The molecule has 3 aromatic rings. The molecule has 0 fully saturated rings. The second-order valence-electron chi connectivity index (χ2n) is 7.12. The lowest BCUT2D eigenvalue weighted by molar-refractivity contribution is -0.113.